The third-order valence-electron chi connectivity index (χ3n) is 6.21. The Morgan fingerprint density at radius 3 is 2.64 bits per heavy atom. The van der Waals surface area contributed by atoms with Crippen molar-refractivity contribution < 1.29 is 23.5 Å². The number of methoxy groups -OCH3 is 1. The van der Waals surface area contributed by atoms with E-state index in [2.05, 4.69) is 15.6 Å². The summed E-state index contributed by atoms with van der Waals surface area (Å²) in [6.45, 7) is -0.342. The first-order valence-electron chi connectivity index (χ1n) is 12.0. The normalized spacial score (nSPS) is 14.5. The lowest BCUT2D eigenvalue weighted by Gasteiger charge is -2.33. The number of pyridine rings is 1. The maximum atomic E-state index is 13.8. The predicted molar refractivity (Wildman–Crippen MR) is 134 cm³/mol. The largest absolute Gasteiger partial charge is 0.497 e. The number of carbonyl (C=O) groups is 3. The number of nitrogens with zero attached hydrogens (tertiary/aromatic N) is 2. The zero-order valence-corrected chi connectivity index (χ0v) is 20.2. The highest BCUT2D eigenvalue weighted by molar-refractivity contribution is 6.04. The van der Waals surface area contributed by atoms with Gasteiger partial charge in [-0.3, -0.25) is 24.3 Å². The summed E-state index contributed by atoms with van der Waals surface area (Å²) in [4.78, 5) is 45.4. The van der Waals surface area contributed by atoms with Crippen LogP contribution in [0.3, 0.4) is 0 Å². The molecule has 2 aromatic heterocycles. The van der Waals surface area contributed by atoms with Crippen molar-refractivity contribution >= 4 is 23.4 Å². The van der Waals surface area contributed by atoms with Crippen molar-refractivity contribution in [2.45, 2.75) is 44.2 Å². The smallest absolute Gasteiger partial charge is 0.287 e. The average molecular weight is 491 g/mol. The van der Waals surface area contributed by atoms with Crippen LogP contribution in [0.2, 0.25) is 0 Å². The summed E-state index contributed by atoms with van der Waals surface area (Å²) in [6, 6.07) is 12.6. The molecule has 0 saturated heterocycles. The van der Waals surface area contributed by atoms with Crippen molar-refractivity contribution in [1.82, 2.24) is 15.6 Å². The van der Waals surface area contributed by atoms with Crippen molar-refractivity contribution in [2.75, 3.05) is 18.6 Å². The minimum Gasteiger partial charge on any atom is -0.497 e. The van der Waals surface area contributed by atoms with Crippen molar-refractivity contribution in [3.05, 3.63) is 78.5 Å². The van der Waals surface area contributed by atoms with Crippen molar-refractivity contribution in [1.29, 1.82) is 0 Å². The lowest BCUT2D eigenvalue weighted by atomic mass is 9.94. The molecule has 1 aliphatic rings. The van der Waals surface area contributed by atoms with Gasteiger partial charge in [0.05, 0.1) is 31.8 Å². The van der Waals surface area contributed by atoms with E-state index >= 15 is 0 Å². The predicted octanol–water partition coefficient (Wildman–Crippen LogP) is 3.64. The van der Waals surface area contributed by atoms with Gasteiger partial charge in [-0.1, -0.05) is 31.4 Å². The zero-order chi connectivity index (χ0) is 25.3. The van der Waals surface area contributed by atoms with Gasteiger partial charge in [-0.25, -0.2) is 0 Å². The highest BCUT2D eigenvalue weighted by Crippen LogP contribution is 2.30. The number of aromatic nitrogens is 1. The minimum atomic E-state index is -1.00. The van der Waals surface area contributed by atoms with Crippen LogP contribution in [0.4, 0.5) is 5.69 Å². The van der Waals surface area contributed by atoms with E-state index in [1.165, 1.54) is 23.4 Å². The number of nitrogens with one attached hydrogen (secondary N) is 2. The van der Waals surface area contributed by atoms with Crippen LogP contribution in [0.15, 0.2) is 71.6 Å². The van der Waals surface area contributed by atoms with E-state index in [1.807, 2.05) is 0 Å². The van der Waals surface area contributed by atoms with Gasteiger partial charge in [0.25, 0.3) is 5.91 Å². The minimum absolute atomic E-state index is 0.0452. The van der Waals surface area contributed by atoms with Gasteiger partial charge < -0.3 is 19.8 Å². The zero-order valence-electron chi connectivity index (χ0n) is 20.2. The number of anilines is 1. The number of furan rings is 1. The first-order valence-corrected chi connectivity index (χ1v) is 12.0. The van der Waals surface area contributed by atoms with Crippen LogP contribution in [0.1, 0.15) is 54.3 Å². The van der Waals surface area contributed by atoms with Gasteiger partial charge in [0.1, 0.15) is 11.8 Å². The Bertz CT molecular complexity index is 1160. The number of carbonyl (C=O) groups excluding carboxylic acids is 3. The lowest BCUT2D eigenvalue weighted by molar-refractivity contribution is -0.127. The molecular formula is C27H30N4O5. The van der Waals surface area contributed by atoms with E-state index in [0.717, 1.165) is 32.1 Å². The summed E-state index contributed by atoms with van der Waals surface area (Å²) in [5.74, 6) is -0.647. The molecule has 0 spiro atoms. The molecule has 0 unspecified atom stereocenters. The summed E-state index contributed by atoms with van der Waals surface area (Å²) in [5, 5.41) is 5.73. The SMILES string of the molecule is COc1cccc([C@H](C(=O)NC2CCCCC2)N(C(=O)CNC(=O)c2ccco2)c2cccnc2)c1. The molecule has 0 bridgehead atoms. The third kappa shape index (κ3) is 6.10. The fourth-order valence-corrected chi connectivity index (χ4v) is 4.43. The van der Waals surface area contributed by atoms with Crippen LogP contribution in [0, 0.1) is 0 Å². The summed E-state index contributed by atoms with van der Waals surface area (Å²) in [6.07, 6.45) is 9.56. The molecule has 1 fully saturated rings. The Hall–Kier alpha value is -4.14. The van der Waals surface area contributed by atoms with E-state index in [-0.39, 0.29) is 24.3 Å². The average Bonchev–Trinajstić information content (AvgIpc) is 3.46. The van der Waals surface area contributed by atoms with Crippen LogP contribution in [0.5, 0.6) is 5.75 Å². The second kappa shape index (κ2) is 12.0. The molecule has 2 N–H and O–H groups in total. The van der Waals surface area contributed by atoms with Crippen LogP contribution < -0.4 is 20.3 Å². The van der Waals surface area contributed by atoms with Gasteiger partial charge in [-0.05, 0) is 54.8 Å². The standard InChI is InChI=1S/C27H30N4O5/c1-35-22-12-5-8-19(16-22)25(27(34)30-20-9-3-2-4-10-20)31(21-11-6-14-28-17-21)24(32)18-29-26(33)23-13-7-15-36-23/h5-8,11-17,20,25H,2-4,9-10,18H2,1H3,(H,29,33)(H,30,34)/t25-/m1/s1. The van der Waals surface area contributed by atoms with E-state index in [9.17, 15) is 14.4 Å². The molecule has 1 aliphatic carbocycles. The molecule has 9 nitrogen and oxygen atoms in total. The Morgan fingerprint density at radius 1 is 1.11 bits per heavy atom. The maximum absolute atomic E-state index is 13.8. The molecule has 36 heavy (non-hydrogen) atoms. The highest BCUT2D eigenvalue weighted by atomic mass is 16.5. The summed E-state index contributed by atoms with van der Waals surface area (Å²) in [7, 11) is 1.55. The second-order valence-electron chi connectivity index (χ2n) is 8.66. The molecule has 0 aliphatic heterocycles. The molecular weight excluding hydrogens is 460 g/mol. The van der Waals surface area contributed by atoms with Crippen molar-refractivity contribution in [3.8, 4) is 5.75 Å². The second-order valence-corrected chi connectivity index (χ2v) is 8.66. The lowest BCUT2D eigenvalue weighted by Crippen LogP contribution is -2.49. The number of ether oxygens (including phenoxy) is 1. The quantitative estimate of drug-likeness (QED) is 0.474. The molecule has 4 rings (SSSR count). The molecule has 3 aromatic rings. The Balaban J connectivity index is 1.67. The van der Waals surface area contributed by atoms with Crippen molar-refractivity contribution in [3.63, 3.8) is 0 Å². The number of amides is 3. The summed E-state index contributed by atoms with van der Waals surface area (Å²) >= 11 is 0. The fraction of sp³-hybridized carbons (Fsp3) is 0.333. The monoisotopic (exact) mass is 490 g/mol. The van der Waals surface area contributed by atoms with Gasteiger partial charge in [0.15, 0.2) is 5.76 Å². The Labute approximate surface area is 209 Å². The van der Waals surface area contributed by atoms with Gasteiger partial charge in [-0.15, -0.1) is 0 Å². The van der Waals surface area contributed by atoms with Gasteiger partial charge >= 0.3 is 0 Å². The Morgan fingerprint density at radius 2 is 1.94 bits per heavy atom. The van der Waals surface area contributed by atoms with E-state index in [1.54, 1.807) is 55.8 Å². The highest BCUT2D eigenvalue weighted by Gasteiger charge is 2.34. The third-order valence-corrected chi connectivity index (χ3v) is 6.21. The summed E-state index contributed by atoms with van der Waals surface area (Å²) in [5.41, 5.74) is 1.01. The van der Waals surface area contributed by atoms with Crippen LogP contribution in [-0.4, -0.2) is 42.4 Å². The molecule has 0 radical (unpaired) electrons. The van der Waals surface area contributed by atoms with Crippen LogP contribution in [-0.2, 0) is 9.59 Å². The van der Waals surface area contributed by atoms with Gasteiger partial charge in [0, 0.05) is 12.2 Å². The molecule has 1 atom stereocenters. The number of rotatable bonds is 9. The summed E-state index contributed by atoms with van der Waals surface area (Å²) < 4.78 is 10.5. The number of hydrogen-bond donors (Lipinski definition) is 2. The molecule has 188 valence electrons. The van der Waals surface area contributed by atoms with E-state index < -0.39 is 17.9 Å². The first-order chi connectivity index (χ1) is 17.6. The maximum Gasteiger partial charge on any atom is 0.287 e. The molecule has 1 saturated carbocycles. The number of hydrogen-bond acceptors (Lipinski definition) is 6. The molecule has 3 amide bonds. The topological polar surface area (TPSA) is 114 Å². The van der Waals surface area contributed by atoms with Crippen molar-refractivity contribution in [2.24, 2.45) is 0 Å². The number of benzene rings is 1. The molecule has 9 heteroatoms. The first kappa shape index (κ1) is 25.0. The molecule has 2 heterocycles. The van der Waals surface area contributed by atoms with E-state index in [0.29, 0.717) is 17.0 Å². The van der Waals surface area contributed by atoms with Gasteiger partial charge in [0.2, 0.25) is 11.8 Å². The fourth-order valence-electron chi connectivity index (χ4n) is 4.43. The molecule has 1 aromatic carbocycles. The Kier molecular flexibility index (Phi) is 8.33. The van der Waals surface area contributed by atoms with E-state index in [4.69, 9.17) is 9.15 Å². The van der Waals surface area contributed by atoms with Crippen LogP contribution in [0.25, 0.3) is 0 Å². The van der Waals surface area contributed by atoms with Gasteiger partial charge in [-0.2, -0.15) is 0 Å². The van der Waals surface area contributed by atoms with Crippen LogP contribution >= 0.6 is 0 Å².